The zero-order valence-electron chi connectivity index (χ0n) is 12.9. The summed E-state index contributed by atoms with van der Waals surface area (Å²) in [4.78, 5) is 2.55. The van der Waals surface area contributed by atoms with Gasteiger partial charge in [-0.05, 0) is 64.7 Å². The highest BCUT2D eigenvalue weighted by Crippen LogP contribution is 2.24. The van der Waals surface area contributed by atoms with Crippen molar-refractivity contribution in [3.05, 3.63) is 29.8 Å². The Morgan fingerprint density at radius 1 is 1.16 bits per heavy atom. The molecule has 1 aromatic rings. The molecule has 0 amide bonds. The molecule has 2 rings (SSSR count). The van der Waals surface area contributed by atoms with Gasteiger partial charge in [-0.15, -0.1) is 0 Å². The van der Waals surface area contributed by atoms with E-state index in [0.29, 0.717) is 6.04 Å². The van der Waals surface area contributed by atoms with Crippen molar-refractivity contribution in [2.24, 2.45) is 0 Å². The fraction of sp³-hybridized carbons (Fsp3) is 0.647. The second-order valence-corrected chi connectivity index (χ2v) is 6.81. The number of anilines is 1. The molecule has 19 heavy (non-hydrogen) atoms. The highest BCUT2D eigenvalue weighted by molar-refractivity contribution is 5.48. The standard InChI is InChI=1S/C17H28N2/c1-14-7-5-6-12-19(14)16-10-8-15(9-11-16)13-18-17(2,3)4/h8-11,14,18H,5-7,12-13H2,1-4H3. The van der Waals surface area contributed by atoms with E-state index in [4.69, 9.17) is 0 Å². The predicted molar refractivity (Wildman–Crippen MR) is 83.7 cm³/mol. The van der Waals surface area contributed by atoms with Gasteiger partial charge in [0.2, 0.25) is 0 Å². The third kappa shape index (κ3) is 4.24. The number of piperidine rings is 1. The summed E-state index contributed by atoms with van der Waals surface area (Å²) < 4.78 is 0. The van der Waals surface area contributed by atoms with Crippen LogP contribution in [0.15, 0.2) is 24.3 Å². The van der Waals surface area contributed by atoms with Crippen molar-refractivity contribution >= 4 is 5.69 Å². The van der Waals surface area contributed by atoms with Gasteiger partial charge < -0.3 is 10.2 Å². The van der Waals surface area contributed by atoms with Crippen LogP contribution in [-0.2, 0) is 6.54 Å². The van der Waals surface area contributed by atoms with Gasteiger partial charge in [0.15, 0.2) is 0 Å². The van der Waals surface area contributed by atoms with Gasteiger partial charge in [0, 0.05) is 30.4 Å². The Hall–Kier alpha value is -1.02. The maximum Gasteiger partial charge on any atom is 0.0368 e. The molecule has 1 aliphatic heterocycles. The molecule has 106 valence electrons. The first kappa shape index (κ1) is 14.4. The van der Waals surface area contributed by atoms with E-state index in [-0.39, 0.29) is 5.54 Å². The topological polar surface area (TPSA) is 15.3 Å². The Labute approximate surface area is 118 Å². The van der Waals surface area contributed by atoms with Crippen molar-refractivity contribution in [1.29, 1.82) is 0 Å². The normalized spacial score (nSPS) is 20.6. The van der Waals surface area contributed by atoms with E-state index >= 15 is 0 Å². The first-order chi connectivity index (χ1) is 8.96. The van der Waals surface area contributed by atoms with Gasteiger partial charge in [-0.3, -0.25) is 0 Å². The third-order valence-electron chi connectivity index (χ3n) is 3.89. The smallest absolute Gasteiger partial charge is 0.0368 e. The van der Waals surface area contributed by atoms with E-state index in [0.717, 1.165) is 6.54 Å². The van der Waals surface area contributed by atoms with Crippen LogP contribution in [0.3, 0.4) is 0 Å². The van der Waals surface area contributed by atoms with Gasteiger partial charge in [0.25, 0.3) is 0 Å². The van der Waals surface area contributed by atoms with Gasteiger partial charge in [-0.1, -0.05) is 12.1 Å². The second-order valence-electron chi connectivity index (χ2n) is 6.81. The van der Waals surface area contributed by atoms with Crippen molar-refractivity contribution in [2.45, 2.75) is 65.1 Å². The molecule has 0 radical (unpaired) electrons. The Kier molecular flexibility index (Phi) is 4.51. The van der Waals surface area contributed by atoms with E-state index in [9.17, 15) is 0 Å². The average molecular weight is 260 g/mol. The van der Waals surface area contributed by atoms with Gasteiger partial charge in [-0.25, -0.2) is 0 Å². The van der Waals surface area contributed by atoms with Crippen molar-refractivity contribution in [1.82, 2.24) is 5.32 Å². The molecule has 1 aromatic carbocycles. The van der Waals surface area contributed by atoms with Crippen LogP contribution < -0.4 is 10.2 Å². The van der Waals surface area contributed by atoms with Crippen LogP contribution in [-0.4, -0.2) is 18.1 Å². The number of hydrogen-bond acceptors (Lipinski definition) is 2. The molecular formula is C17H28N2. The molecule has 1 atom stereocenters. The van der Waals surface area contributed by atoms with Crippen LogP contribution >= 0.6 is 0 Å². The molecular weight excluding hydrogens is 232 g/mol. The summed E-state index contributed by atoms with van der Waals surface area (Å²) in [6.07, 6.45) is 4.04. The van der Waals surface area contributed by atoms with Crippen LogP contribution in [0, 0.1) is 0 Å². The zero-order chi connectivity index (χ0) is 13.9. The first-order valence-electron chi connectivity index (χ1n) is 7.56. The van der Waals surface area contributed by atoms with Crippen molar-refractivity contribution < 1.29 is 0 Å². The lowest BCUT2D eigenvalue weighted by molar-refractivity contribution is 0.424. The van der Waals surface area contributed by atoms with E-state index < -0.39 is 0 Å². The summed E-state index contributed by atoms with van der Waals surface area (Å²) in [7, 11) is 0. The van der Waals surface area contributed by atoms with Gasteiger partial charge in [0.1, 0.15) is 0 Å². The molecule has 0 spiro atoms. The zero-order valence-corrected chi connectivity index (χ0v) is 12.9. The summed E-state index contributed by atoms with van der Waals surface area (Å²) in [6, 6.07) is 9.76. The SMILES string of the molecule is CC1CCCCN1c1ccc(CNC(C)(C)C)cc1. The molecule has 2 nitrogen and oxygen atoms in total. The maximum atomic E-state index is 3.53. The third-order valence-corrected chi connectivity index (χ3v) is 3.89. The van der Waals surface area contributed by atoms with Crippen LogP contribution in [0.4, 0.5) is 5.69 Å². The van der Waals surface area contributed by atoms with Crippen molar-refractivity contribution in [2.75, 3.05) is 11.4 Å². The summed E-state index contributed by atoms with van der Waals surface area (Å²) >= 11 is 0. The molecule has 1 aliphatic rings. The van der Waals surface area contributed by atoms with Gasteiger partial charge in [-0.2, -0.15) is 0 Å². The summed E-state index contributed by atoms with van der Waals surface area (Å²) in [6.45, 7) is 11.1. The van der Waals surface area contributed by atoms with E-state index in [1.165, 1.54) is 37.1 Å². The number of nitrogens with zero attached hydrogens (tertiary/aromatic N) is 1. The van der Waals surface area contributed by atoms with Crippen LogP contribution in [0.1, 0.15) is 52.5 Å². The lowest BCUT2D eigenvalue weighted by atomic mass is 10.0. The molecule has 0 bridgehead atoms. The molecule has 0 aromatic heterocycles. The predicted octanol–water partition coefficient (Wildman–Crippen LogP) is 3.95. The quantitative estimate of drug-likeness (QED) is 0.885. The minimum Gasteiger partial charge on any atom is -0.369 e. The monoisotopic (exact) mass is 260 g/mol. The fourth-order valence-corrected chi connectivity index (χ4v) is 2.65. The molecule has 1 unspecified atom stereocenters. The van der Waals surface area contributed by atoms with E-state index in [1.54, 1.807) is 0 Å². The molecule has 0 saturated carbocycles. The number of rotatable bonds is 3. The highest BCUT2D eigenvalue weighted by atomic mass is 15.2. The van der Waals surface area contributed by atoms with Crippen molar-refractivity contribution in [3.8, 4) is 0 Å². The number of nitrogens with one attached hydrogen (secondary N) is 1. The molecule has 1 fully saturated rings. The minimum absolute atomic E-state index is 0.181. The molecule has 1 N–H and O–H groups in total. The van der Waals surface area contributed by atoms with Crippen LogP contribution in [0.25, 0.3) is 0 Å². The molecule has 1 saturated heterocycles. The highest BCUT2D eigenvalue weighted by Gasteiger charge is 2.18. The molecule has 2 heteroatoms. The largest absolute Gasteiger partial charge is 0.369 e. The Bertz CT molecular complexity index is 389. The number of benzene rings is 1. The Morgan fingerprint density at radius 2 is 1.84 bits per heavy atom. The lowest BCUT2D eigenvalue weighted by Crippen LogP contribution is -2.37. The van der Waals surface area contributed by atoms with Crippen LogP contribution in [0.5, 0.6) is 0 Å². The van der Waals surface area contributed by atoms with Crippen molar-refractivity contribution in [3.63, 3.8) is 0 Å². The average Bonchev–Trinajstić information content (AvgIpc) is 2.37. The van der Waals surface area contributed by atoms with E-state index in [2.05, 4.69) is 62.2 Å². The Morgan fingerprint density at radius 3 is 2.42 bits per heavy atom. The minimum atomic E-state index is 0.181. The summed E-state index contributed by atoms with van der Waals surface area (Å²) in [5, 5.41) is 3.53. The maximum absolute atomic E-state index is 3.53. The van der Waals surface area contributed by atoms with E-state index in [1.807, 2.05) is 0 Å². The second kappa shape index (κ2) is 5.96. The summed E-state index contributed by atoms with van der Waals surface area (Å²) in [5.74, 6) is 0. The van der Waals surface area contributed by atoms with Gasteiger partial charge >= 0.3 is 0 Å². The first-order valence-corrected chi connectivity index (χ1v) is 7.56. The fourth-order valence-electron chi connectivity index (χ4n) is 2.65. The lowest BCUT2D eigenvalue weighted by Gasteiger charge is -2.35. The van der Waals surface area contributed by atoms with Gasteiger partial charge in [0.05, 0.1) is 0 Å². The molecule has 0 aliphatic carbocycles. The number of hydrogen-bond donors (Lipinski definition) is 1. The molecule has 1 heterocycles. The summed E-state index contributed by atoms with van der Waals surface area (Å²) in [5.41, 5.74) is 2.93. The van der Waals surface area contributed by atoms with Crippen LogP contribution in [0.2, 0.25) is 0 Å². The Balaban J connectivity index is 1.98.